The predicted octanol–water partition coefficient (Wildman–Crippen LogP) is 6.33. The summed E-state index contributed by atoms with van der Waals surface area (Å²) in [6.45, 7) is 5.44. The fourth-order valence-corrected chi connectivity index (χ4v) is 4.35. The molecular formula is C23H20IN3O3S. The minimum Gasteiger partial charge on any atom is -0.439 e. The Hall–Kier alpha value is -2.72. The second kappa shape index (κ2) is 8.80. The number of alkyl halides is 1. The van der Waals surface area contributed by atoms with Gasteiger partial charge in [-0.3, -0.25) is 4.79 Å². The Labute approximate surface area is 197 Å². The van der Waals surface area contributed by atoms with Gasteiger partial charge in [-0.1, -0.05) is 17.4 Å². The number of hydrogen-bond donors (Lipinski definition) is 1. The number of carbonyl (C=O) groups is 1. The summed E-state index contributed by atoms with van der Waals surface area (Å²) in [6.07, 6.45) is 1.71. The first-order valence-corrected chi connectivity index (χ1v) is 11.5. The molecule has 0 aliphatic carbocycles. The molecule has 0 fully saturated rings. The number of aryl methyl sites for hydroxylation is 1. The van der Waals surface area contributed by atoms with Gasteiger partial charge in [-0.25, -0.2) is 9.97 Å². The van der Waals surface area contributed by atoms with Gasteiger partial charge < -0.3 is 14.8 Å². The Morgan fingerprint density at radius 2 is 1.97 bits per heavy atom. The Kier molecular flexibility index (Phi) is 6.10. The maximum atomic E-state index is 11.5. The number of thiazole rings is 1. The van der Waals surface area contributed by atoms with Crippen LogP contribution >= 0.6 is 33.9 Å². The standard InChI is InChI=1S/C23H20IN3O3S/c1-14-12-18(29-22-25-10-11-31-22)6-8-20(14)30-21-9-4-16-13-17(5-7-19(16)26-21)23(3,24)27-15(2)28/h4-13H,1-3H3,(H,27,28). The summed E-state index contributed by atoms with van der Waals surface area (Å²) in [7, 11) is 0. The van der Waals surface area contributed by atoms with Gasteiger partial charge in [0.25, 0.3) is 5.19 Å². The molecule has 4 aromatic rings. The third-order valence-electron chi connectivity index (χ3n) is 4.59. The zero-order valence-electron chi connectivity index (χ0n) is 17.2. The molecule has 1 unspecified atom stereocenters. The first-order valence-electron chi connectivity index (χ1n) is 9.55. The van der Waals surface area contributed by atoms with Crippen molar-refractivity contribution in [2.75, 3.05) is 0 Å². The van der Waals surface area contributed by atoms with Crippen molar-refractivity contribution < 1.29 is 14.3 Å². The molecule has 4 rings (SSSR count). The number of nitrogens with zero attached hydrogens (tertiary/aromatic N) is 2. The largest absolute Gasteiger partial charge is 0.439 e. The minimum atomic E-state index is -0.494. The van der Waals surface area contributed by atoms with Crippen molar-refractivity contribution in [3.63, 3.8) is 0 Å². The molecule has 6 nitrogen and oxygen atoms in total. The Balaban J connectivity index is 1.54. The highest BCUT2D eigenvalue weighted by Crippen LogP contribution is 2.33. The monoisotopic (exact) mass is 545 g/mol. The van der Waals surface area contributed by atoms with Crippen molar-refractivity contribution in [1.82, 2.24) is 15.3 Å². The fourth-order valence-electron chi connectivity index (χ4n) is 3.13. The SMILES string of the molecule is CC(=O)NC(C)(I)c1ccc2nc(Oc3ccc(Oc4nccs4)cc3C)ccc2c1. The van der Waals surface area contributed by atoms with Gasteiger partial charge in [-0.2, -0.15) is 0 Å². The van der Waals surface area contributed by atoms with Crippen LogP contribution in [0, 0.1) is 6.92 Å². The van der Waals surface area contributed by atoms with Crippen LogP contribution in [0.1, 0.15) is 25.0 Å². The molecule has 31 heavy (non-hydrogen) atoms. The van der Waals surface area contributed by atoms with Crippen LogP contribution in [0.2, 0.25) is 0 Å². The van der Waals surface area contributed by atoms with Gasteiger partial charge in [0.2, 0.25) is 11.8 Å². The van der Waals surface area contributed by atoms with E-state index in [4.69, 9.17) is 9.47 Å². The maximum absolute atomic E-state index is 11.5. The molecule has 0 saturated heterocycles. The van der Waals surface area contributed by atoms with E-state index in [1.807, 2.05) is 67.8 Å². The first kappa shape index (κ1) is 21.5. The highest BCUT2D eigenvalue weighted by Gasteiger charge is 2.23. The number of carbonyl (C=O) groups excluding carboxylic acids is 1. The molecule has 1 N–H and O–H groups in total. The van der Waals surface area contributed by atoms with Crippen molar-refractivity contribution in [3.8, 4) is 22.6 Å². The molecule has 0 bridgehead atoms. The normalized spacial score (nSPS) is 12.9. The number of ether oxygens (including phenoxy) is 2. The smallest absolute Gasteiger partial charge is 0.278 e. The molecule has 0 spiro atoms. The van der Waals surface area contributed by atoms with E-state index in [1.54, 1.807) is 6.20 Å². The third-order valence-corrected chi connectivity index (χ3v) is 6.13. The number of aromatic nitrogens is 2. The average Bonchev–Trinajstić information content (AvgIpc) is 3.21. The molecule has 2 heterocycles. The van der Waals surface area contributed by atoms with Gasteiger partial charge in [-0.05, 0) is 84.0 Å². The second-order valence-corrected chi connectivity index (χ2v) is 10.2. The summed E-state index contributed by atoms with van der Waals surface area (Å²) < 4.78 is 11.3. The summed E-state index contributed by atoms with van der Waals surface area (Å²) in [6, 6.07) is 15.4. The predicted molar refractivity (Wildman–Crippen MR) is 130 cm³/mol. The number of halogens is 1. The van der Waals surface area contributed by atoms with Crippen molar-refractivity contribution in [2.45, 2.75) is 24.3 Å². The number of fused-ring (bicyclic) bond motifs is 1. The van der Waals surface area contributed by atoms with Crippen LogP contribution in [0.25, 0.3) is 10.9 Å². The van der Waals surface area contributed by atoms with E-state index < -0.39 is 3.55 Å². The number of benzene rings is 2. The summed E-state index contributed by atoms with van der Waals surface area (Å²) >= 11 is 3.67. The third kappa shape index (κ3) is 5.13. The average molecular weight is 545 g/mol. The molecule has 1 atom stereocenters. The highest BCUT2D eigenvalue weighted by molar-refractivity contribution is 14.1. The summed E-state index contributed by atoms with van der Waals surface area (Å²) in [5.41, 5.74) is 2.75. The number of hydrogen-bond acceptors (Lipinski definition) is 6. The van der Waals surface area contributed by atoms with Gasteiger partial charge >= 0.3 is 0 Å². The van der Waals surface area contributed by atoms with E-state index in [9.17, 15) is 4.79 Å². The van der Waals surface area contributed by atoms with Crippen LogP contribution in [0.3, 0.4) is 0 Å². The van der Waals surface area contributed by atoms with Crippen molar-refractivity contribution in [3.05, 3.63) is 71.2 Å². The van der Waals surface area contributed by atoms with Gasteiger partial charge in [0, 0.05) is 30.0 Å². The molecule has 0 saturated carbocycles. The molecule has 1 amide bonds. The van der Waals surface area contributed by atoms with Crippen LogP contribution in [0.4, 0.5) is 0 Å². The molecule has 0 aliphatic heterocycles. The molecule has 2 aromatic heterocycles. The van der Waals surface area contributed by atoms with E-state index >= 15 is 0 Å². The Bertz CT molecular complexity index is 1240. The van der Waals surface area contributed by atoms with Gasteiger partial charge in [0.05, 0.1) is 5.52 Å². The number of pyridine rings is 1. The van der Waals surface area contributed by atoms with Crippen molar-refractivity contribution in [1.29, 1.82) is 0 Å². The maximum Gasteiger partial charge on any atom is 0.278 e. The molecule has 2 aromatic carbocycles. The zero-order chi connectivity index (χ0) is 22.0. The summed E-state index contributed by atoms with van der Waals surface area (Å²) in [4.78, 5) is 20.2. The van der Waals surface area contributed by atoms with E-state index in [2.05, 4.69) is 37.9 Å². The van der Waals surface area contributed by atoms with E-state index in [-0.39, 0.29) is 5.91 Å². The van der Waals surface area contributed by atoms with E-state index in [0.29, 0.717) is 22.6 Å². The lowest BCUT2D eigenvalue weighted by Gasteiger charge is -2.24. The van der Waals surface area contributed by atoms with Crippen LogP contribution in [0.15, 0.2) is 60.1 Å². The minimum absolute atomic E-state index is 0.0719. The highest BCUT2D eigenvalue weighted by atomic mass is 127. The first-order chi connectivity index (χ1) is 14.8. The summed E-state index contributed by atoms with van der Waals surface area (Å²) in [5.74, 6) is 1.86. The number of amides is 1. The molecule has 0 aliphatic rings. The summed E-state index contributed by atoms with van der Waals surface area (Å²) in [5, 5.41) is 6.40. The Morgan fingerprint density at radius 3 is 2.68 bits per heavy atom. The van der Waals surface area contributed by atoms with E-state index in [1.165, 1.54) is 18.3 Å². The molecular weight excluding hydrogens is 525 g/mol. The molecule has 0 radical (unpaired) electrons. The quantitative estimate of drug-likeness (QED) is 0.174. The van der Waals surface area contributed by atoms with Crippen LogP contribution in [-0.2, 0) is 8.34 Å². The lowest BCUT2D eigenvalue weighted by Crippen LogP contribution is -2.36. The van der Waals surface area contributed by atoms with E-state index in [0.717, 1.165) is 22.0 Å². The van der Waals surface area contributed by atoms with Crippen molar-refractivity contribution >= 4 is 50.7 Å². The van der Waals surface area contributed by atoms with Crippen LogP contribution < -0.4 is 14.8 Å². The Morgan fingerprint density at radius 1 is 1.13 bits per heavy atom. The van der Waals surface area contributed by atoms with Crippen LogP contribution in [-0.4, -0.2) is 15.9 Å². The fraction of sp³-hybridized carbons (Fsp3) is 0.174. The zero-order valence-corrected chi connectivity index (χ0v) is 20.2. The van der Waals surface area contributed by atoms with Gasteiger partial charge in [0.1, 0.15) is 15.0 Å². The van der Waals surface area contributed by atoms with Crippen molar-refractivity contribution in [2.24, 2.45) is 0 Å². The molecule has 8 heteroatoms. The number of rotatable bonds is 6. The van der Waals surface area contributed by atoms with Gasteiger partial charge in [0.15, 0.2) is 0 Å². The lowest BCUT2D eigenvalue weighted by atomic mass is 10.1. The second-order valence-electron chi connectivity index (χ2n) is 7.17. The topological polar surface area (TPSA) is 73.3 Å². The molecule has 158 valence electrons. The lowest BCUT2D eigenvalue weighted by molar-refractivity contribution is -0.119. The van der Waals surface area contributed by atoms with Crippen LogP contribution in [0.5, 0.6) is 22.6 Å². The van der Waals surface area contributed by atoms with Gasteiger partial charge in [-0.15, -0.1) is 0 Å². The number of nitrogens with one attached hydrogen (secondary N) is 1.